The van der Waals surface area contributed by atoms with Gasteiger partial charge < -0.3 is 15.0 Å². The third-order valence-corrected chi connectivity index (χ3v) is 4.89. The van der Waals surface area contributed by atoms with Crippen molar-refractivity contribution < 1.29 is 14.3 Å². The van der Waals surface area contributed by atoms with Crippen LogP contribution in [-0.4, -0.2) is 42.0 Å². The SMILES string of the molecule is CN(CCCNC(=O)c1scnc1Br)C(=O)OCc1ccccc1. The highest BCUT2D eigenvalue weighted by molar-refractivity contribution is 9.10. The second kappa shape index (κ2) is 9.39. The summed E-state index contributed by atoms with van der Waals surface area (Å²) in [5.41, 5.74) is 2.55. The van der Waals surface area contributed by atoms with Crippen molar-refractivity contribution in [2.45, 2.75) is 13.0 Å². The van der Waals surface area contributed by atoms with Crippen molar-refractivity contribution >= 4 is 39.3 Å². The van der Waals surface area contributed by atoms with E-state index in [-0.39, 0.29) is 18.6 Å². The zero-order valence-corrected chi connectivity index (χ0v) is 15.6. The number of carbonyl (C=O) groups excluding carboxylic acids is 2. The molecule has 1 heterocycles. The molecule has 1 aromatic carbocycles. The van der Waals surface area contributed by atoms with E-state index >= 15 is 0 Å². The molecule has 0 aliphatic rings. The Kier molecular flexibility index (Phi) is 7.20. The number of benzene rings is 1. The molecular formula is C16H18BrN3O3S. The highest BCUT2D eigenvalue weighted by Crippen LogP contribution is 2.18. The average molecular weight is 412 g/mol. The van der Waals surface area contributed by atoms with Crippen LogP contribution in [0.15, 0.2) is 40.4 Å². The lowest BCUT2D eigenvalue weighted by Gasteiger charge is -2.17. The first-order valence-corrected chi connectivity index (χ1v) is 9.04. The van der Waals surface area contributed by atoms with E-state index in [0.717, 1.165) is 5.56 Å². The van der Waals surface area contributed by atoms with Crippen molar-refractivity contribution in [2.75, 3.05) is 20.1 Å². The highest BCUT2D eigenvalue weighted by Gasteiger charge is 2.13. The molecule has 24 heavy (non-hydrogen) atoms. The van der Waals surface area contributed by atoms with Crippen LogP contribution in [0, 0.1) is 0 Å². The van der Waals surface area contributed by atoms with Crippen LogP contribution in [0.1, 0.15) is 21.7 Å². The van der Waals surface area contributed by atoms with Gasteiger partial charge in [0.2, 0.25) is 0 Å². The van der Waals surface area contributed by atoms with Gasteiger partial charge in [0.25, 0.3) is 5.91 Å². The molecule has 0 bridgehead atoms. The van der Waals surface area contributed by atoms with Crippen molar-refractivity contribution in [3.05, 3.63) is 50.9 Å². The van der Waals surface area contributed by atoms with E-state index < -0.39 is 0 Å². The maximum absolute atomic E-state index is 11.9. The van der Waals surface area contributed by atoms with Gasteiger partial charge in [-0.05, 0) is 27.9 Å². The van der Waals surface area contributed by atoms with Crippen LogP contribution in [0.4, 0.5) is 4.79 Å². The molecule has 2 rings (SSSR count). The maximum Gasteiger partial charge on any atom is 0.409 e. The van der Waals surface area contributed by atoms with E-state index in [1.54, 1.807) is 12.6 Å². The number of hydrogen-bond acceptors (Lipinski definition) is 5. The molecule has 128 valence electrons. The van der Waals surface area contributed by atoms with Gasteiger partial charge in [0, 0.05) is 20.1 Å². The fourth-order valence-corrected chi connectivity index (χ4v) is 3.19. The zero-order valence-electron chi connectivity index (χ0n) is 13.2. The van der Waals surface area contributed by atoms with Crippen LogP contribution in [0.25, 0.3) is 0 Å². The predicted octanol–water partition coefficient (Wildman–Crippen LogP) is 3.29. The number of thiazole rings is 1. The molecule has 1 N–H and O–H groups in total. The van der Waals surface area contributed by atoms with E-state index in [1.165, 1.54) is 16.2 Å². The molecule has 0 atom stereocenters. The van der Waals surface area contributed by atoms with Gasteiger partial charge in [-0.3, -0.25) is 4.79 Å². The minimum Gasteiger partial charge on any atom is -0.445 e. The predicted molar refractivity (Wildman–Crippen MR) is 96.0 cm³/mol. The van der Waals surface area contributed by atoms with Crippen LogP contribution < -0.4 is 5.32 Å². The van der Waals surface area contributed by atoms with E-state index in [9.17, 15) is 9.59 Å². The molecule has 0 aliphatic carbocycles. The van der Waals surface area contributed by atoms with Crippen molar-refractivity contribution in [3.8, 4) is 0 Å². The van der Waals surface area contributed by atoms with Crippen LogP contribution in [0.2, 0.25) is 0 Å². The summed E-state index contributed by atoms with van der Waals surface area (Å²) in [6.07, 6.45) is 0.259. The number of halogens is 1. The number of amides is 2. The molecule has 0 saturated heterocycles. The summed E-state index contributed by atoms with van der Waals surface area (Å²) in [7, 11) is 1.68. The molecule has 0 spiro atoms. The quantitative estimate of drug-likeness (QED) is 0.709. The van der Waals surface area contributed by atoms with Crippen molar-refractivity contribution in [1.82, 2.24) is 15.2 Å². The summed E-state index contributed by atoms with van der Waals surface area (Å²) in [5, 5.41) is 2.80. The Labute approximate surface area is 153 Å². The van der Waals surface area contributed by atoms with Gasteiger partial charge in [0.05, 0.1) is 5.51 Å². The van der Waals surface area contributed by atoms with Crippen molar-refractivity contribution in [2.24, 2.45) is 0 Å². The fourth-order valence-electron chi connectivity index (χ4n) is 1.90. The average Bonchev–Trinajstić information content (AvgIpc) is 3.03. The molecule has 8 heteroatoms. The Morgan fingerprint density at radius 2 is 2.08 bits per heavy atom. The van der Waals surface area contributed by atoms with Crippen molar-refractivity contribution in [1.29, 1.82) is 0 Å². The molecule has 6 nitrogen and oxygen atoms in total. The Bertz CT molecular complexity index is 678. The normalized spacial score (nSPS) is 10.2. The number of hydrogen-bond donors (Lipinski definition) is 1. The molecule has 0 aliphatic heterocycles. The molecule has 2 amide bonds. The van der Waals surface area contributed by atoms with Crippen LogP contribution >= 0.6 is 27.3 Å². The van der Waals surface area contributed by atoms with Gasteiger partial charge in [0.15, 0.2) is 0 Å². The number of rotatable bonds is 7. The first kappa shape index (κ1) is 18.4. The number of aromatic nitrogens is 1. The Hall–Kier alpha value is -1.93. The Morgan fingerprint density at radius 3 is 2.75 bits per heavy atom. The number of carbonyl (C=O) groups is 2. The van der Waals surface area contributed by atoms with Gasteiger partial charge in [-0.25, -0.2) is 9.78 Å². The minimum absolute atomic E-state index is 0.168. The van der Waals surface area contributed by atoms with Gasteiger partial charge >= 0.3 is 6.09 Å². The lowest BCUT2D eigenvalue weighted by Crippen LogP contribution is -2.31. The fraction of sp³-hybridized carbons (Fsp3) is 0.312. The summed E-state index contributed by atoms with van der Waals surface area (Å²) in [5.74, 6) is -0.168. The number of nitrogens with one attached hydrogen (secondary N) is 1. The molecule has 2 aromatic rings. The van der Waals surface area contributed by atoms with Crippen molar-refractivity contribution in [3.63, 3.8) is 0 Å². The van der Waals surface area contributed by atoms with E-state index in [0.29, 0.717) is 29.0 Å². The summed E-state index contributed by atoms with van der Waals surface area (Å²) in [6.45, 7) is 1.22. The van der Waals surface area contributed by atoms with Gasteiger partial charge in [-0.2, -0.15) is 0 Å². The third kappa shape index (κ3) is 5.61. The third-order valence-electron chi connectivity index (χ3n) is 3.20. The summed E-state index contributed by atoms with van der Waals surface area (Å²) >= 11 is 4.50. The molecule has 0 unspecified atom stereocenters. The van der Waals surface area contributed by atoms with Crippen LogP contribution in [0.3, 0.4) is 0 Å². The standard InChI is InChI=1S/C16H18BrN3O3S/c1-20(16(22)23-10-12-6-3-2-4-7-12)9-5-8-18-15(21)13-14(17)19-11-24-13/h2-4,6-7,11H,5,8-10H2,1H3,(H,18,21). The molecule has 1 aromatic heterocycles. The lowest BCUT2D eigenvalue weighted by atomic mass is 10.2. The van der Waals surface area contributed by atoms with E-state index in [2.05, 4.69) is 26.2 Å². The summed E-state index contributed by atoms with van der Waals surface area (Å²) in [6, 6.07) is 9.52. The first-order chi connectivity index (χ1) is 11.6. The second-order valence-corrected chi connectivity index (χ2v) is 6.65. The van der Waals surface area contributed by atoms with Gasteiger partial charge in [0.1, 0.15) is 16.1 Å². The number of nitrogens with zero attached hydrogens (tertiary/aromatic N) is 2. The minimum atomic E-state index is -0.379. The second-order valence-electron chi connectivity index (χ2n) is 5.04. The Balaban J connectivity index is 1.64. The largest absolute Gasteiger partial charge is 0.445 e. The highest BCUT2D eigenvalue weighted by atomic mass is 79.9. The lowest BCUT2D eigenvalue weighted by molar-refractivity contribution is 0.0952. The van der Waals surface area contributed by atoms with Crippen LogP contribution in [-0.2, 0) is 11.3 Å². The number of ether oxygens (including phenoxy) is 1. The monoisotopic (exact) mass is 411 g/mol. The maximum atomic E-state index is 11.9. The smallest absolute Gasteiger partial charge is 0.409 e. The molecule has 0 saturated carbocycles. The summed E-state index contributed by atoms with van der Waals surface area (Å²) < 4.78 is 5.78. The Morgan fingerprint density at radius 1 is 1.33 bits per heavy atom. The molecular weight excluding hydrogens is 394 g/mol. The zero-order chi connectivity index (χ0) is 17.4. The van der Waals surface area contributed by atoms with Crippen LogP contribution in [0.5, 0.6) is 0 Å². The summed E-state index contributed by atoms with van der Waals surface area (Å²) in [4.78, 5) is 29.8. The van der Waals surface area contributed by atoms with E-state index in [4.69, 9.17) is 4.74 Å². The first-order valence-electron chi connectivity index (χ1n) is 7.37. The van der Waals surface area contributed by atoms with Gasteiger partial charge in [-0.1, -0.05) is 30.3 Å². The molecule has 0 radical (unpaired) electrons. The topological polar surface area (TPSA) is 71.5 Å². The van der Waals surface area contributed by atoms with E-state index in [1.807, 2.05) is 30.3 Å². The van der Waals surface area contributed by atoms with Gasteiger partial charge in [-0.15, -0.1) is 11.3 Å². The molecule has 0 fully saturated rings.